The van der Waals surface area contributed by atoms with Crippen LogP contribution in [-0.4, -0.2) is 11.2 Å². The molecule has 0 aliphatic heterocycles. The molecule has 0 bridgehead atoms. The average molecular weight is 294 g/mol. The second kappa shape index (κ2) is 8.30. The normalized spacial score (nSPS) is 12.1. The second-order valence-corrected chi connectivity index (χ2v) is 5.43. The third-order valence-corrected chi connectivity index (χ3v) is 3.68. The molecule has 2 aromatic carbocycles. The van der Waals surface area contributed by atoms with Crippen LogP contribution in [0, 0.1) is 11.3 Å². The Kier molecular flexibility index (Phi) is 6.11. The monoisotopic (exact) mass is 294 g/mol. The third-order valence-electron chi connectivity index (χ3n) is 3.68. The van der Waals surface area contributed by atoms with Gasteiger partial charge in [-0.1, -0.05) is 42.5 Å². The number of nitrogens with zero attached hydrogens (tertiary/aromatic N) is 2. The lowest BCUT2D eigenvalue weighted by atomic mass is 10.1. The van der Waals surface area contributed by atoms with Crippen LogP contribution in [0.3, 0.4) is 0 Å². The van der Waals surface area contributed by atoms with E-state index in [1.54, 1.807) is 17.1 Å². The smallest absolute Gasteiger partial charge is 0.0991 e. The fourth-order valence-corrected chi connectivity index (χ4v) is 2.34. The molecule has 0 spiro atoms. The minimum absolute atomic E-state index is 0.167. The van der Waals surface area contributed by atoms with Crippen LogP contribution in [0.2, 0.25) is 0 Å². The van der Waals surface area contributed by atoms with Crippen LogP contribution in [0.4, 0.5) is 0 Å². The minimum Gasteiger partial charge on any atom is -0.315 e. The van der Waals surface area contributed by atoms with E-state index in [-0.39, 0.29) is 6.17 Å². The van der Waals surface area contributed by atoms with Gasteiger partial charge in [-0.25, -0.2) is 5.01 Å². The first-order valence-corrected chi connectivity index (χ1v) is 7.49. The van der Waals surface area contributed by atoms with E-state index in [1.807, 2.05) is 18.2 Å². The van der Waals surface area contributed by atoms with Crippen LogP contribution in [0.25, 0.3) is 0 Å². The summed E-state index contributed by atoms with van der Waals surface area (Å²) in [6.07, 6.45) is 2.70. The summed E-state index contributed by atoms with van der Waals surface area (Å²) < 4.78 is 0. The molecule has 0 amide bonds. The van der Waals surface area contributed by atoms with Crippen molar-refractivity contribution in [3.8, 4) is 6.07 Å². The first-order chi connectivity index (χ1) is 10.7. The molecule has 0 aliphatic rings. The molecule has 0 fully saturated rings. The highest BCUT2D eigenvalue weighted by Crippen LogP contribution is 2.10. The molecule has 0 unspecified atom stereocenters. The summed E-state index contributed by atoms with van der Waals surface area (Å²) >= 11 is 0. The maximum atomic E-state index is 8.78. The van der Waals surface area contributed by atoms with Crippen LogP contribution in [0.5, 0.6) is 0 Å². The quantitative estimate of drug-likeness (QED) is 0.467. The lowest BCUT2D eigenvalue weighted by Crippen LogP contribution is -2.46. The number of rotatable bonds is 7. The number of hydrazine groups is 1. The Morgan fingerprint density at radius 2 is 1.68 bits per heavy atom. The Morgan fingerprint density at radius 1 is 1.00 bits per heavy atom. The van der Waals surface area contributed by atoms with Crippen molar-refractivity contribution >= 4 is 0 Å². The largest absolute Gasteiger partial charge is 0.315 e. The molecule has 2 aromatic rings. The van der Waals surface area contributed by atoms with Gasteiger partial charge in [-0.05, 0) is 42.5 Å². The van der Waals surface area contributed by atoms with E-state index in [4.69, 9.17) is 16.8 Å². The van der Waals surface area contributed by atoms with Gasteiger partial charge in [0.25, 0.3) is 0 Å². The number of hydrogen-bond acceptors (Lipinski definition) is 4. The molecule has 0 saturated heterocycles. The van der Waals surface area contributed by atoms with Crippen molar-refractivity contribution in [2.45, 2.75) is 32.0 Å². The van der Waals surface area contributed by atoms with Gasteiger partial charge in [0.05, 0.1) is 17.8 Å². The fourth-order valence-electron chi connectivity index (χ4n) is 2.34. The van der Waals surface area contributed by atoms with E-state index in [0.717, 1.165) is 24.8 Å². The lowest BCUT2D eigenvalue weighted by molar-refractivity contribution is 0.183. The van der Waals surface area contributed by atoms with Crippen LogP contribution < -0.4 is 11.6 Å². The Labute approximate surface area is 131 Å². The molecule has 0 saturated carbocycles. The second-order valence-electron chi connectivity index (χ2n) is 5.43. The van der Waals surface area contributed by atoms with E-state index in [9.17, 15) is 0 Å². The van der Waals surface area contributed by atoms with E-state index in [1.165, 1.54) is 5.56 Å². The molecule has 0 radical (unpaired) electrons. The summed E-state index contributed by atoms with van der Waals surface area (Å²) in [6, 6.07) is 19.9. The zero-order valence-corrected chi connectivity index (χ0v) is 12.7. The highest BCUT2D eigenvalue weighted by Gasteiger charge is 2.10. The summed E-state index contributed by atoms with van der Waals surface area (Å²) in [6.45, 7) is 0.582. The van der Waals surface area contributed by atoms with Crippen molar-refractivity contribution in [2.24, 2.45) is 11.6 Å². The number of hydrogen-bond donors (Lipinski definition) is 2. The van der Waals surface area contributed by atoms with Gasteiger partial charge in [-0.2, -0.15) is 5.26 Å². The van der Waals surface area contributed by atoms with Crippen LogP contribution in [0.1, 0.15) is 29.5 Å². The average Bonchev–Trinajstić information content (AvgIpc) is 2.56. The fraction of sp³-hybridized carbons (Fsp3) is 0.278. The first kappa shape index (κ1) is 16.2. The molecule has 22 heavy (non-hydrogen) atoms. The van der Waals surface area contributed by atoms with Crippen molar-refractivity contribution in [2.75, 3.05) is 0 Å². The SMILES string of the molecule is N#Cc1ccc(CN(N)[C@H](N)CCCc2ccccc2)cc1. The molecular formula is C18H22N4. The highest BCUT2D eigenvalue weighted by molar-refractivity contribution is 5.31. The maximum absolute atomic E-state index is 8.78. The maximum Gasteiger partial charge on any atom is 0.0991 e. The lowest BCUT2D eigenvalue weighted by Gasteiger charge is -2.24. The van der Waals surface area contributed by atoms with Gasteiger partial charge in [0.1, 0.15) is 0 Å². The van der Waals surface area contributed by atoms with Crippen LogP contribution in [-0.2, 0) is 13.0 Å². The predicted octanol–water partition coefficient (Wildman–Crippen LogP) is 2.54. The van der Waals surface area contributed by atoms with Crippen molar-refractivity contribution in [1.29, 1.82) is 5.26 Å². The molecule has 0 aliphatic carbocycles. The Hall–Kier alpha value is -2.19. The Morgan fingerprint density at radius 3 is 2.32 bits per heavy atom. The van der Waals surface area contributed by atoms with Gasteiger partial charge in [-0.15, -0.1) is 0 Å². The summed E-state index contributed by atoms with van der Waals surface area (Å²) in [5.41, 5.74) is 9.17. The molecule has 0 heterocycles. The predicted molar refractivity (Wildman–Crippen MR) is 88.2 cm³/mol. The Bertz CT molecular complexity index is 601. The van der Waals surface area contributed by atoms with Crippen molar-refractivity contribution in [3.63, 3.8) is 0 Å². The summed E-state index contributed by atoms with van der Waals surface area (Å²) in [7, 11) is 0. The van der Waals surface area contributed by atoms with Gasteiger partial charge in [0.15, 0.2) is 0 Å². The van der Waals surface area contributed by atoms with E-state index >= 15 is 0 Å². The first-order valence-electron chi connectivity index (χ1n) is 7.49. The molecule has 4 nitrogen and oxygen atoms in total. The topological polar surface area (TPSA) is 79.1 Å². The Balaban J connectivity index is 1.76. The molecule has 2 rings (SSSR count). The van der Waals surface area contributed by atoms with Gasteiger partial charge < -0.3 is 5.73 Å². The van der Waals surface area contributed by atoms with Crippen LogP contribution >= 0.6 is 0 Å². The van der Waals surface area contributed by atoms with Gasteiger partial charge in [0, 0.05) is 6.54 Å². The number of aryl methyl sites for hydroxylation is 1. The zero-order valence-electron chi connectivity index (χ0n) is 12.7. The number of nitriles is 1. The molecule has 4 heteroatoms. The summed E-state index contributed by atoms with van der Waals surface area (Å²) in [5.74, 6) is 6.04. The van der Waals surface area contributed by atoms with E-state index < -0.39 is 0 Å². The standard InChI is InChI=1S/C18H22N4/c19-13-16-9-11-17(12-10-16)14-22(21)18(20)8-4-7-15-5-2-1-3-6-15/h1-3,5-6,9-12,18H,4,7-8,14,20-21H2/t18-/m0/s1. The minimum atomic E-state index is -0.167. The number of benzene rings is 2. The third kappa shape index (κ3) is 4.97. The highest BCUT2D eigenvalue weighted by atomic mass is 15.4. The summed E-state index contributed by atoms with van der Waals surface area (Å²) in [4.78, 5) is 0. The molecular weight excluding hydrogens is 272 g/mol. The molecule has 1 atom stereocenters. The molecule has 0 aromatic heterocycles. The number of nitrogens with two attached hydrogens (primary N) is 2. The zero-order chi connectivity index (χ0) is 15.8. The van der Waals surface area contributed by atoms with Crippen LogP contribution in [0.15, 0.2) is 54.6 Å². The van der Waals surface area contributed by atoms with Gasteiger partial charge in [-0.3, -0.25) is 5.84 Å². The van der Waals surface area contributed by atoms with E-state index in [2.05, 4.69) is 30.3 Å². The molecule has 114 valence electrons. The van der Waals surface area contributed by atoms with Gasteiger partial charge >= 0.3 is 0 Å². The molecule has 4 N–H and O–H groups in total. The van der Waals surface area contributed by atoms with E-state index in [0.29, 0.717) is 12.1 Å². The summed E-state index contributed by atoms with van der Waals surface area (Å²) in [5, 5.41) is 10.4. The van der Waals surface area contributed by atoms with Gasteiger partial charge in [0.2, 0.25) is 0 Å². The van der Waals surface area contributed by atoms with Crippen molar-refractivity contribution in [3.05, 3.63) is 71.3 Å². The van der Waals surface area contributed by atoms with Crippen molar-refractivity contribution < 1.29 is 0 Å². The van der Waals surface area contributed by atoms with Crippen molar-refractivity contribution in [1.82, 2.24) is 5.01 Å².